The number of hydrogen-bond acceptors (Lipinski definition) is 6. The molecule has 0 saturated carbocycles. The monoisotopic (exact) mass is 533 g/mol. The molecule has 0 aliphatic heterocycles. The number of sulfonamides is 1. The molecular formula is C24H27N3O5S3. The van der Waals surface area contributed by atoms with Crippen LogP contribution in [0.3, 0.4) is 0 Å². The van der Waals surface area contributed by atoms with Crippen LogP contribution in [0.25, 0.3) is 10.2 Å². The third-order valence-corrected chi connectivity index (χ3v) is 9.28. The molecule has 0 atom stereocenters. The number of aromatic nitrogens is 1. The van der Waals surface area contributed by atoms with E-state index in [9.17, 15) is 21.6 Å². The van der Waals surface area contributed by atoms with Crippen LogP contribution in [0, 0.1) is 12.3 Å². The number of thiazole rings is 1. The van der Waals surface area contributed by atoms with Crippen molar-refractivity contribution in [2.24, 2.45) is 4.99 Å². The first-order valence-electron chi connectivity index (χ1n) is 11.0. The number of benzene rings is 2. The Bertz CT molecular complexity index is 1550. The molecular weight excluding hydrogens is 506 g/mol. The van der Waals surface area contributed by atoms with E-state index >= 15 is 0 Å². The van der Waals surface area contributed by atoms with Crippen LogP contribution in [0.1, 0.15) is 37.0 Å². The van der Waals surface area contributed by atoms with Gasteiger partial charge in [0, 0.05) is 24.9 Å². The minimum absolute atomic E-state index is 0.119. The first kappa shape index (κ1) is 26.8. The van der Waals surface area contributed by atoms with Gasteiger partial charge in [0.1, 0.15) is 0 Å². The maximum Gasteiger partial charge on any atom is 0.279 e. The zero-order chi connectivity index (χ0) is 25.8. The lowest BCUT2D eigenvalue weighted by Crippen LogP contribution is -2.32. The van der Waals surface area contributed by atoms with Crippen molar-refractivity contribution in [3.63, 3.8) is 0 Å². The van der Waals surface area contributed by atoms with Gasteiger partial charge in [-0.3, -0.25) is 4.79 Å². The lowest BCUT2D eigenvalue weighted by molar-refractivity contribution is 0.0997. The Morgan fingerprint density at radius 2 is 1.63 bits per heavy atom. The molecule has 1 aromatic heterocycles. The van der Waals surface area contributed by atoms with Crippen molar-refractivity contribution in [1.29, 1.82) is 0 Å². The Morgan fingerprint density at radius 1 is 1.03 bits per heavy atom. The van der Waals surface area contributed by atoms with Gasteiger partial charge in [0.05, 0.1) is 26.6 Å². The van der Waals surface area contributed by atoms with Crippen LogP contribution in [-0.2, 0) is 26.4 Å². The fourth-order valence-electron chi connectivity index (χ4n) is 3.53. The zero-order valence-electron chi connectivity index (χ0n) is 19.8. The molecule has 0 aliphatic carbocycles. The third-order valence-electron chi connectivity index (χ3n) is 5.21. The molecule has 0 aliphatic rings. The Hall–Kier alpha value is -2.78. The summed E-state index contributed by atoms with van der Waals surface area (Å²) in [7, 11) is -7.06. The molecule has 1 heterocycles. The molecule has 0 saturated heterocycles. The second-order valence-electron chi connectivity index (χ2n) is 7.92. The summed E-state index contributed by atoms with van der Waals surface area (Å²) in [5.41, 5.74) is 0.892. The summed E-state index contributed by atoms with van der Waals surface area (Å²) in [5, 5.41) is 0. The number of carbonyl (C=O) groups excluding carboxylic acids is 1. The van der Waals surface area contributed by atoms with Crippen molar-refractivity contribution in [2.45, 2.75) is 43.0 Å². The van der Waals surface area contributed by atoms with E-state index in [4.69, 9.17) is 6.42 Å². The molecule has 1 amide bonds. The van der Waals surface area contributed by atoms with Crippen molar-refractivity contribution < 1.29 is 21.6 Å². The lowest BCUT2D eigenvalue weighted by atomic mass is 10.2. The van der Waals surface area contributed by atoms with Crippen molar-refractivity contribution >= 4 is 47.3 Å². The first-order valence-corrected chi connectivity index (χ1v) is 15.1. The van der Waals surface area contributed by atoms with E-state index in [0.717, 1.165) is 17.6 Å². The van der Waals surface area contributed by atoms with Gasteiger partial charge in [-0.2, -0.15) is 9.30 Å². The van der Waals surface area contributed by atoms with Crippen molar-refractivity contribution in [3.8, 4) is 12.3 Å². The molecule has 0 bridgehead atoms. The number of hydrogen-bond donors (Lipinski definition) is 0. The maximum atomic E-state index is 13.0. The van der Waals surface area contributed by atoms with Crippen LogP contribution in [0.5, 0.6) is 0 Å². The second-order valence-corrected chi connectivity index (χ2v) is 12.9. The average molecular weight is 534 g/mol. The molecule has 35 heavy (non-hydrogen) atoms. The summed E-state index contributed by atoms with van der Waals surface area (Å²) < 4.78 is 53.5. The summed E-state index contributed by atoms with van der Waals surface area (Å²) in [6.07, 6.45) is 8.02. The van der Waals surface area contributed by atoms with Gasteiger partial charge in [-0.05, 0) is 55.3 Å². The van der Waals surface area contributed by atoms with E-state index in [0.29, 0.717) is 40.9 Å². The van der Waals surface area contributed by atoms with Gasteiger partial charge < -0.3 is 4.57 Å². The van der Waals surface area contributed by atoms with Crippen molar-refractivity contribution in [2.75, 3.05) is 19.3 Å². The molecule has 0 spiro atoms. The van der Waals surface area contributed by atoms with Crippen LogP contribution >= 0.6 is 11.3 Å². The Morgan fingerprint density at radius 3 is 2.17 bits per heavy atom. The number of rotatable bonds is 9. The summed E-state index contributed by atoms with van der Waals surface area (Å²) >= 11 is 1.15. The van der Waals surface area contributed by atoms with Crippen molar-refractivity contribution in [1.82, 2.24) is 8.87 Å². The number of amides is 1. The predicted octanol–water partition coefficient (Wildman–Crippen LogP) is 3.29. The lowest BCUT2D eigenvalue weighted by Gasteiger charge is -2.21. The average Bonchev–Trinajstić information content (AvgIpc) is 3.15. The van der Waals surface area contributed by atoms with Crippen LogP contribution in [0.15, 0.2) is 57.2 Å². The molecule has 3 aromatic rings. The van der Waals surface area contributed by atoms with E-state index < -0.39 is 25.8 Å². The Labute approximate surface area is 209 Å². The molecule has 0 radical (unpaired) electrons. The number of terminal acetylenes is 1. The SMILES string of the molecule is C#CCn1c(=NC(=O)c2ccc(S(=O)(=O)N(CCC)CCC)cc2)sc2cc(S(C)(=O)=O)ccc21. The van der Waals surface area contributed by atoms with Gasteiger partial charge in [-0.1, -0.05) is 31.1 Å². The van der Waals surface area contributed by atoms with Gasteiger partial charge in [0.15, 0.2) is 14.6 Å². The Balaban J connectivity index is 2.00. The minimum Gasteiger partial charge on any atom is -0.305 e. The highest BCUT2D eigenvalue weighted by Crippen LogP contribution is 2.22. The quantitative estimate of drug-likeness (QED) is 0.393. The second kappa shape index (κ2) is 10.9. The smallest absolute Gasteiger partial charge is 0.279 e. The van der Waals surface area contributed by atoms with Crippen LogP contribution in [0.2, 0.25) is 0 Å². The number of sulfone groups is 1. The number of fused-ring (bicyclic) bond motifs is 1. The molecule has 186 valence electrons. The fraction of sp³-hybridized carbons (Fsp3) is 0.333. The Kier molecular flexibility index (Phi) is 8.33. The number of carbonyl (C=O) groups is 1. The van der Waals surface area contributed by atoms with Crippen LogP contribution in [0.4, 0.5) is 0 Å². The standard InChI is InChI=1S/C24H27N3O5S3/c1-5-14-26(15-6-2)35(31,32)19-10-8-18(9-11-19)23(28)25-24-27(16-7-3)21-13-12-20(34(4,29)30)17-22(21)33-24/h3,8-13,17H,5-6,14-16H2,1-2,4H3. The van der Waals surface area contributed by atoms with E-state index in [2.05, 4.69) is 10.9 Å². The van der Waals surface area contributed by atoms with Crippen LogP contribution < -0.4 is 4.80 Å². The molecule has 8 nitrogen and oxygen atoms in total. The molecule has 0 unspecified atom stereocenters. The molecule has 2 aromatic carbocycles. The van der Waals surface area contributed by atoms with Gasteiger partial charge in [0.25, 0.3) is 5.91 Å². The molecule has 0 fully saturated rings. The molecule has 0 N–H and O–H groups in total. The summed E-state index contributed by atoms with van der Waals surface area (Å²) in [4.78, 5) is 17.7. The zero-order valence-corrected chi connectivity index (χ0v) is 22.2. The van der Waals surface area contributed by atoms with E-state index in [1.54, 1.807) is 10.6 Å². The van der Waals surface area contributed by atoms with E-state index in [1.165, 1.54) is 40.7 Å². The van der Waals surface area contributed by atoms with Gasteiger partial charge in [-0.25, -0.2) is 16.8 Å². The topological polar surface area (TPSA) is 106 Å². The normalized spacial score (nSPS) is 12.8. The summed E-state index contributed by atoms with van der Waals surface area (Å²) in [5.74, 6) is 1.96. The van der Waals surface area contributed by atoms with Gasteiger partial charge in [0.2, 0.25) is 10.0 Å². The largest absolute Gasteiger partial charge is 0.305 e. The van der Waals surface area contributed by atoms with Gasteiger partial charge in [-0.15, -0.1) is 6.42 Å². The van der Waals surface area contributed by atoms with E-state index in [-0.39, 0.29) is 21.9 Å². The number of nitrogens with zero attached hydrogens (tertiary/aromatic N) is 3. The highest BCUT2D eigenvalue weighted by molar-refractivity contribution is 7.90. The predicted molar refractivity (Wildman–Crippen MR) is 137 cm³/mol. The van der Waals surface area contributed by atoms with Gasteiger partial charge >= 0.3 is 0 Å². The maximum absolute atomic E-state index is 13.0. The highest BCUT2D eigenvalue weighted by atomic mass is 32.2. The highest BCUT2D eigenvalue weighted by Gasteiger charge is 2.23. The van der Waals surface area contributed by atoms with Crippen molar-refractivity contribution in [3.05, 3.63) is 52.8 Å². The minimum atomic E-state index is -3.66. The molecule has 11 heteroatoms. The summed E-state index contributed by atoms with van der Waals surface area (Å²) in [6, 6.07) is 10.4. The van der Waals surface area contributed by atoms with Crippen LogP contribution in [-0.4, -0.2) is 51.0 Å². The molecule has 3 rings (SSSR count). The fourth-order valence-corrected chi connectivity index (χ4v) is 6.95. The van der Waals surface area contributed by atoms with E-state index in [1.807, 2.05) is 13.8 Å². The summed E-state index contributed by atoms with van der Waals surface area (Å²) in [6.45, 7) is 4.84. The third kappa shape index (κ3) is 5.90. The first-order chi connectivity index (χ1) is 16.5.